The summed E-state index contributed by atoms with van der Waals surface area (Å²) in [5.41, 5.74) is 8.23. The van der Waals surface area contributed by atoms with Gasteiger partial charge in [0, 0.05) is 18.3 Å². The molecule has 1 aromatic carbocycles. The van der Waals surface area contributed by atoms with Crippen LogP contribution in [0.15, 0.2) is 24.3 Å². The molecule has 2 nitrogen and oxygen atoms in total. The van der Waals surface area contributed by atoms with Crippen LogP contribution in [0.4, 0.5) is 5.69 Å². The second-order valence-electron chi connectivity index (χ2n) is 4.19. The fraction of sp³-hybridized carbons (Fsp3) is 0.500. The van der Waals surface area contributed by atoms with Crippen LogP contribution in [0.1, 0.15) is 18.4 Å². The Morgan fingerprint density at radius 1 is 1.50 bits per heavy atom. The van der Waals surface area contributed by atoms with E-state index in [1.54, 1.807) is 0 Å². The molecule has 76 valence electrons. The van der Waals surface area contributed by atoms with Crippen molar-refractivity contribution in [3.63, 3.8) is 0 Å². The average molecular weight is 190 g/mol. The lowest BCUT2D eigenvalue weighted by molar-refractivity contribution is 0.645. The van der Waals surface area contributed by atoms with Gasteiger partial charge in [-0.15, -0.1) is 0 Å². The van der Waals surface area contributed by atoms with Crippen molar-refractivity contribution >= 4 is 5.69 Å². The maximum atomic E-state index is 5.74. The monoisotopic (exact) mass is 190 g/mol. The van der Waals surface area contributed by atoms with Crippen LogP contribution in [0.3, 0.4) is 0 Å². The summed E-state index contributed by atoms with van der Waals surface area (Å²) < 4.78 is 0. The van der Waals surface area contributed by atoms with E-state index >= 15 is 0 Å². The number of rotatable bonds is 4. The number of nitrogens with two attached hydrogens (primary N) is 1. The topological polar surface area (TPSA) is 38.0 Å². The van der Waals surface area contributed by atoms with Crippen molar-refractivity contribution < 1.29 is 0 Å². The van der Waals surface area contributed by atoms with E-state index in [2.05, 4.69) is 36.5 Å². The van der Waals surface area contributed by atoms with Crippen molar-refractivity contribution in [3.05, 3.63) is 29.8 Å². The minimum Gasteiger partial charge on any atom is -0.381 e. The van der Waals surface area contributed by atoms with E-state index < -0.39 is 0 Å². The zero-order valence-corrected chi connectivity index (χ0v) is 8.66. The predicted octanol–water partition coefficient (Wildman–Crippen LogP) is 2.14. The Balaban J connectivity index is 2.01. The molecule has 3 N–H and O–H groups in total. The summed E-state index contributed by atoms with van der Waals surface area (Å²) in [7, 11) is 0. The van der Waals surface area contributed by atoms with E-state index in [1.165, 1.54) is 24.1 Å². The Morgan fingerprint density at radius 3 is 2.86 bits per heavy atom. The standard InChI is InChI=1S/C12H18N2/c1-9-3-2-4-11(7-9)14-12(8-13)10-5-6-10/h2-4,7,10,12,14H,5-6,8,13H2,1H3. The molecule has 0 aliphatic heterocycles. The fourth-order valence-corrected chi connectivity index (χ4v) is 1.82. The molecule has 0 amide bonds. The molecule has 1 aliphatic carbocycles. The molecule has 0 heterocycles. The summed E-state index contributed by atoms with van der Waals surface area (Å²) in [6, 6.07) is 8.94. The van der Waals surface area contributed by atoms with Crippen molar-refractivity contribution in [3.8, 4) is 0 Å². The first kappa shape index (κ1) is 9.53. The molecular weight excluding hydrogens is 172 g/mol. The molecule has 1 unspecified atom stereocenters. The van der Waals surface area contributed by atoms with Gasteiger partial charge < -0.3 is 11.1 Å². The van der Waals surface area contributed by atoms with Crippen molar-refractivity contribution in [1.82, 2.24) is 0 Å². The van der Waals surface area contributed by atoms with E-state index in [1.807, 2.05) is 0 Å². The molecular formula is C12H18N2. The fourth-order valence-electron chi connectivity index (χ4n) is 1.82. The van der Waals surface area contributed by atoms with Gasteiger partial charge in [0.05, 0.1) is 0 Å². The molecule has 1 saturated carbocycles. The van der Waals surface area contributed by atoms with Crippen molar-refractivity contribution in [2.45, 2.75) is 25.8 Å². The van der Waals surface area contributed by atoms with E-state index in [4.69, 9.17) is 5.73 Å². The molecule has 1 atom stereocenters. The van der Waals surface area contributed by atoms with Crippen molar-refractivity contribution in [1.29, 1.82) is 0 Å². The van der Waals surface area contributed by atoms with Gasteiger partial charge in [-0.3, -0.25) is 0 Å². The van der Waals surface area contributed by atoms with Gasteiger partial charge in [-0.25, -0.2) is 0 Å². The van der Waals surface area contributed by atoms with Crippen LogP contribution < -0.4 is 11.1 Å². The first-order valence-electron chi connectivity index (χ1n) is 5.33. The van der Waals surface area contributed by atoms with Crippen molar-refractivity contribution in [2.75, 3.05) is 11.9 Å². The minimum absolute atomic E-state index is 0.469. The Hall–Kier alpha value is -1.02. The van der Waals surface area contributed by atoms with Crippen LogP contribution in [0.2, 0.25) is 0 Å². The summed E-state index contributed by atoms with van der Waals surface area (Å²) in [5, 5.41) is 3.51. The van der Waals surface area contributed by atoms with E-state index in [0.29, 0.717) is 6.04 Å². The predicted molar refractivity (Wildman–Crippen MR) is 60.4 cm³/mol. The number of nitrogens with one attached hydrogen (secondary N) is 1. The molecule has 1 aliphatic rings. The maximum absolute atomic E-state index is 5.74. The Morgan fingerprint density at radius 2 is 2.29 bits per heavy atom. The molecule has 1 fully saturated rings. The van der Waals surface area contributed by atoms with Crippen LogP contribution in [-0.4, -0.2) is 12.6 Å². The lowest BCUT2D eigenvalue weighted by Crippen LogP contribution is -2.30. The molecule has 0 spiro atoms. The van der Waals surface area contributed by atoms with E-state index in [9.17, 15) is 0 Å². The Bertz CT molecular complexity index is 305. The quantitative estimate of drug-likeness (QED) is 0.763. The average Bonchev–Trinajstić information content (AvgIpc) is 2.97. The van der Waals surface area contributed by atoms with Crippen LogP contribution in [0.5, 0.6) is 0 Å². The highest BCUT2D eigenvalue weighted by Crippen LogP contribution is 2.33. The number of hydrogen-bond donors (Lipinski definition) is 2. The van der Waals surface area contributed by atoms with Gasteiger partial charge in [-0.2, -0.15) is 0 Å². The first-order valence-corrected chi connectivity index (χ1v) is 5.33. The number of benzene rings is 1. The van der Waals surface area contributed by atoms with Gasteiger partial charge in [0.1, 0.15) is 0 Å². The molecule has 0 bridgehead atoms. The lowest BCUT2D eigenvalue weighted by Gasteiger charge is -2.17. The van der Waals surface area contributed by atoms with Gasteiger partial charge in [0.15, 0.2) is 0 Å². The second kappa shape index (κ2) is 4.01. The third-order valence-electron chi connectivity index (χ3n) is 2.82. The van der Waals surface area contributed by atoms with Gasteiger partial charge in [0.25, 0.3) is 0 Å². The molecule has 14 heavy (non-hydrogen) atoms. The summed E-state index contributed by atoms with van der Waals surface area (Å²) in [5.74, 6) is 0.806. The third-order valence-corrected chi connectivity index (χ3v) is 2.82. The van der Waals surface area contributed by atoms with Gasteiger partial charge in [-0.05, 0) is 43.4 Å². The van der Waals surface area contributed by atoms with Crippen LogP contribution >= 0.6 is 0 Å². The maximum Gasteiger partial charge on any atom is 0.0411 e. The highest BCUT2D eigenvalue weighted by molar-refractivity contribution is 5.46. The van der Waals surface area contributed by atoms with Gasteiger partial charge in [0.2, 0.25) is 0 Å². The van der Waals surface area contributed by atoms with E-state index in [0.717, 1.165) is 12.5 Å². The molecule has 0 aromatic heterocycles. The van der Waals surface area contributed by atoms with Crippen LogP contribution in [-0.2, 0) is 0 Å². The highest BCUT2D eigenvalue weighted by Gasteiger charge is 2.29. The lowest BCUT2D eigenvalue weighted by atomic mass is 10.1. The third kappa shape index (κ3) is 2.26. The zero-order valence-electron chi connectivity index (χ0n) is 8.66. The molecule has 1 aromatic rings. The summed E-state index contributed by atoms with van der Waals surface area (Å²) in [4.78, 5) is 0. The first-order chi connectivity index (χ1) is 6.79. The Labute approximate surface area is 85.5 Å². The SMILES string of the molecule is Cc1cccc(NC(CN)C2CC2)c1. The molecule has 0 saturated heterocycles. The molecule has 2 rings (SSSR count). The van der Waals surface area contributed by atoms with Crippen molar-refractivity contribution in [2.24, 2.45) is 11.7 Å². The summed E-state index contributed by atoms with van der Waals surface area (Å²) in [6.07, 6.45) is 2.67. The largest absolute Gasteiger partial charge is 0.381 e. The number of aryl methyl sites for hydroxylation is 1. The van der Waals surface area contributed by atoms with Gasteiger partial charge in [-0.1, -0.05) is 12.1 Å². The molecule has 0 radical (unpaired) electrons. The Kier molecular flexibility index (Phi) is 2.73. The van der Waals surface area contributed by atoms with E-state index in [-0.39, 0.29) is 0 Å². The molecule has 2 heteroatoms. The van der Waals surface area contributed by atoms with Crippen LogP contribution in [0.25, 0.3) is 0 Å². The second-order valence-corrected chi connectivity index (χ2v) is 4.19. The zero-order chi connectivity index (χ0) is 9.97. The summed E-state index contributed by atoms with van der Waals surface area (Å²) in [6.45, 7) is 2.85. The van der Waals surface area contributed by atoms with Gasteiger partial charge >= 0.3 is 0 Å². The minimum atomic E-state index is 0.469. The number of hydrogen-bond acceptors (Lipinski definition) is 2. The smallest absolute Gasteiger partial charge is 0.0411 e. The highest BCUT2D eigenvalue weighted by atomic mass is 15.0. The van der Waals surface area contributed by atoms with Crippen LogP contribution in [0, 0.1) is 12.8 Å². The number of anilines is 1. The normalized spacial score (nSPS) is 17.9. The summed E-state index contributed by atoms with van der Waals surface area (Å²) >= 11 is 0.